The van der Waals surface area contributed by atoms with E-state index in [9.17, 15) is 9.59 Å². The lowest BCUT2D eigenvalue weighted by Gasteiger charge is -2.23. The van der Waals surface area contributed by atoms with Gasteiger partial charge in [0.25, 0.3) is 7.41 Å². The quantitative estimate of drug-likeness (QED) is 0.321. The van der Waals surface area contributed by atoms with E-state index in [1.165, 1.54) is 0 Å². The average Bonchev–Trinajstić information content (AvgIpc) is 2.41. The number of nitrogens with two attached hydrogens (primary N) is 1. The highest BCUT2D eigenvalue weighted by molar-refractivity contribution is 6.64. The number of ether oxygens (including phenoxy) is 2. The van der Waals surface area contributed by atoms with E-state index < -0.39 is 5.60 Å². The van der Waals surface area contributed by atoms with Crippen LogP contribution in [0.4, 0.5) is 5.69 Å². The van der Waals surface area contributed by atoms with E-state index in [0.717, 1.165) is 6.19 Å². The molecule has 0 saturated carbocycles. The molecule has 120 valence electrons. The number of carbonyl (C=O) groups excluding carboxylic acids is 2. The molecule has 0 fully saturated rings. The van der Waals surface area contributed by atoms with Crippen LogP contribution in [0.5, 0.6) is 5.75 Å². The van der Waals surface area contributed by atoms with Gasteiger partial charge in [-0.15, -0.1) is 0 Å². The molecular formula is C15H23BN2O4. The predicted molar refractivity (Wildman–Crippen MR) is 87.6 cm³/mol. The van der Waals surface area contributed by atoms with Crippen LogP contribution in [0.3, 0.4) is 0 Å². The van der Waals surface area contributed by atoms with Crippen molar-refractivity contribution in [1.29, 1.82) is 0 Å². The minimum absolute atomic E-state index is 0.109. The van der Waals surface area contributed by atoms with Crippen LogP contribution in [-0.2, 0) is 14.3 Å². The number of benzene rings is 1. The zero-order valence-electron chi connectivity index (χ0n) is 13.3. The summed E-state index contributed by atoms with van der Waals surface area (Å²) in [5.41, 5.74) is 5.78. The van der Waals surface area contributed by atoms with Crippen LogP contribution in [0.15, 0.2) is 24.3 Å². The minimum Gasteiger partial charge on any atom is -0.490 e. The van der Waals surface area contributed by atoms with Gasteiger partial charge in [-0.1, -0.05) is 12.1 Å². The summed E-state index contributed by atoms with van der Waals surface area (Å²) >= 11 is 0. The van der Waals surface area contributed by atoms with Crippen molar-refractivity contribution < 1.29 is 19.1 Å². The number of anilines is 1. The lowest BCUT2D eigenvalue weighted by molar-refractivity contribution is -0.155. The zero-order chi connectivity index (χ0) is 16.6. The summed E-state index contributed by atoms with van der Waals surface area (Å²) in [4.78, 5) is 22.4. The third-order valence-electron chi connectivity index (χ3n) is 2.68. The van der Waals surface area contributed by atoms with Crippen molar-refractivity contribution in [2.75, 3.05) is 12.3 Å². The molecule has 6 nitrogen and oxygen atoms in total. The van der Waals surface area contributed by atoms with Gasteiger partial charge in [0.15, 0.2) is 0 Å². The second-order valence-corrected chi connectivity index (χ2v) is 5.91. The van der Waals surface area contributed by atoms with Crippen LogP contribution in [0.2, 0.25) is 0 Å². The molecule has 0 aliphatic rings. The molecule has 1 atom stereocenters. The Bertz CT molecular complexity index is 503. The normalized spacial score (nSPS) is 12.3. The monoisotopic (exact) mass is 306 g/mol. The molecule has 1 aromatic rings. The highest BCUT2D eigenvalue weighted by Gasteiger charge is 2.21. The summed E-state index contributed by atoms with van der Waals surface area (Å²) in [6.07, 6.45) is 0.844. The third-order valence-corrected chi connectivity index (χ3v) is 2.68. The van der Waals surface area contributed by atoms with E-state index in [4.69, 9.17) is 15.2 Å². The third kappa shape index (κ3) is 7.13. The van der Waals surface area contributed by atoms with Gasteiger partial charge in [0.1, 0.15) is 18.0 Å². The first-order valence-electron chi connectivity index (χ1n) is 7.18. The van der Waals surface area contributed by atoms with E-state index in [0.29, 0.717) is 11.4 Å². The fourth-order valence-electron chi connectivity index (χ4n) is 1.79. The van der Waals surface area contributed by atoms with Gasteiger partial charge in [-0.2, -0.15) is 0 Å². The number of carbonyl (C=O) groups is 2. The van der Waals surface area contributed by atoms with E-state index in [1.807, 2.05) is 12.1 Å². The maximum atomic E-state index is 11.9. The van der Waals surface area contributed by atoms with Crippen molar-refractivity contribution in [3.8, 4) is 5.75 Å². The van der Waals surface area contributed by atoms with Gasteiger partial charge >= 0.3 is 5.97 Å². The molecule has 0 unspecified atom stereocenters. The van der Waals surface area contributed by atoms with Crippen molar-refractivity contribution in [2.24, 2.45) is 0 Å². The zero-order valence-corrected chi connectivity index (χ0v) is 13.3. The molecular weight excluding hydrogens is 283 g/mol. The summed E-state index contributed by atoms with van der Waals surface area (Å²) < 4.78 is 10.9. The smallest absolute Gasteiger partial charge is 0.307 e. The van der Waals surface area contributed by atoms with Crippen LogP contribution in [-0.4, -0.2) is 37.8 Å². The van der Waals surface area contributed by atoms with Gasteiger partial charge in [-0.3, -0.25) is 4.79 Å². The Labute approximate surface area is 131 Å². The van der Waals surface area contributed by atoms with Gasteiger partial charge in [0, 0.05) is 6.04 Å². The first kappa shape index (κ1) is 18.0. The number of esters is 1. The molecule has 0 aliphatic carbocycles. The van der Waals surface area contributed by atoms with Crippen LogP contribution in [0.25, 0.3) is 0 Å². The molecule has 3 N–H and O–H groups in total. The van der Waals surface area contributed by atoms with Crippen LogP contribution >= 0.6 is 0 Å². The number of hydrogen-bond acceptors (Lipinski definition) is 6. The van der Waals surface area contributed by atoms with E-state index in [-0.39, 0.29) is 32.5 Å². The molecule has 0 bridgehead atoms. The average molecular weight is 306 g/mol. The molecule has 1 rings (SSSR count). The first-order chi connectivity index (χ1) is 10.3. The second kappa shape index (κ2) is 8.43. The minimum atomic E-state index is -0.545. The maximum Gasteiger partial charge on any atom is 0.307 e. The van der Waals surface area contributed by atoms with E-state index in [1.54, 1.807) is 32.9 Å². The molecule has 0 aromatic heterocycles. The Kier molecular flexibility index (Phi) is 6.91. The van der Waals surface area contributed by atoms with Crippen molar-refractivity contribution >= 4 is 25.3 Å². The maximum absolute atomic E-state index is 11.9. The van der Waals surface area contributed by atoms with Crippen LogP contribution in [0, 0.1) is 0 Å². The molecule has 0 spiro atoms. The first-order valence-corrected chi connectivity index (χ1v) is 7.18. The van der Waals surface area contributed by atoms with Crippen molar-refractivity contribution in [3.05, 3.63) is 24.3 Å². The molecule has 0 saturated heterocycles. The number of nitrogen functional groups attached to an aromatic ring is 1. The van der Waals surface area contributed by atoms with Crippen molar-refractivity contribution in [3.63, 3.8) is 0 Å². The number of rotatable bonds is 8. The van der Waals surface area contributed by atoms with Crippen molar-refractivity contribution in [2.45, 2.75) is 38.8 Å². The predicted octanol–water partition coefficient (Wildman–Crippen LogP) is 0.879. The van der Waals surface area contributed by atoms with Gasteiger partial charge in [0.2, 0.25) is 0 Å². The summed E-state index contributed by atoms with van der Waals surface area (Å²) in [5, 5.41) is 2.94. The number of hydrogen-bond donors (Lipinski definition) is 2. The number of para-hydroxylation sites is 2. The summed E-state index contributed by atoms with van der Waals surface area (Å²) in [5.74, 6) is 0.199. The topological polar surface area (TPSA) is 90.7 Å². The lowest BCUT2D eigenvalue weighted by atomic mass is 9.96. The van der Waals surface area contributed by atoms with Gasteiger partial charge in [-0.05, 0) is 32.9 Å². The van der Waals surface area contributed by atoms with Gasteiger partial charge in [-0.25, -0.2) is 0 Å². The largest absolute Gasteiger partial charge is 0.490 e. The summed E-state index contributed by atoms with van der Waals surface area (Å²) in [7, 11) is 0.140. The fourth-order valence-corrected chi connectivity index (χ4v) is 1.79. The molecule has 0 radical (unpaired) electrons. The standard InChI is InChI=1S/C15H23BN2O4/c1-15(2,3)22-14(20)8-11(18-16-10-19)9-21-13-7-5-4-6-12(13)17/h4-7,10-11,16,18H,8-9,17H2,1-3H3/t11-/m1/s1. The Morgan fingerprint density at radius 3 is 2.68 bits per heavy atom. The number of nitrogens with one attached hydrogen (secondary N) is 1. The molecule has 0 heterocycles. The highest BCUT2D eigenvalue weighted by Crippen LogP contribution is 2.20. The fraction of sp³-hybridized carbons (Fsp3) is 0.467. The molecule has 7 heteroatoms. The Hall–Kier alpha value is -2.02. The Balaban J connectivity index is 2.58. The van der Waals surface area contributed by atoms with Gasteiger partial charge < -0.3 is 25.2 Å². The second-order valence-electron chi connectivity index (χ2n) is 5.91. The van der Waals surface area contributed by atoms with Crippen LogP contribution < -0.4 is 15.7 Å². The molecule has 22 heavy (non-hydrogen) atoms. The van der Waals surface area contributed by atoms with Gasteiger partial charge in [0.05, 0.1) is 18.3 Å². The molecule has 1 aromatic carbocycles. The lowest BCUT2D eigenvalue weighted by Crippen LogP contribution is -2.41. The van der Waals surface area contributed by atoms with Crippen molar-refractivity contribution in [1.82, 2.24) is 5.23 Å². The summed E-state index contributed by atoms with van der Waals surface area (Å²) in [6, 6.07) is 6.77. The molecule has 0 aliphatic heterocycles. The van der Waals surface area contributed by atoms with E-state index >= 15 is 0 Å². The Morgan fingerprint density at radius 2 is 2.09 bits per heavy atom. The Morgan fingerprint density at radius 1 is 1.41 bits per heavy atom. The van der Waals surface area contributed by atoms with Crippen LogP contribution in [0.1, 0.15) is 27.2 Å². The SMILES string of the molecule is CC(C)(C)OC(=O)C[C@H](COc1ccccc1N)NBC=O. The molecule has 0 amide bonds. The summed E-state index contributed by atoms with van der Waals surface area (Å²) in [6.45, 7) is 5.63. The van der Waals surface area contributed by atoms with E-state index in [2.05, 4.69) is 5.23 Å². The highest BCUT2D eigenvalue weighted by atomic mass is 16.6.